The summed E-state index contributed by atoms with van der Waals surface area (Å²) in [6.07, 6.45) is -3.78. The Bertz CT molecular complexity index is 994. The van der Waals surface area contributed by atoms with Crippen molar-refractivity contribution in [1.82, 2.24) is 0 Å². The van der Waals surface area contributed by atoms with E-state index in [2.05, 4.69) is 6.92 Å². The van der Waals surface area contributed by atoms with Gasteiger partial charge in [0.15, 0.2) is 5.75 Å². The van der Waals surface area contributed by atoms with E-state index in [1.807, 2.05) is 0 Å². The maximum atomic E-state index is 12.5. The Labute approximate surface area is 183 Å². The van der Waals surface area contributed by atoms with Gasteiger partial charge < -0.3 is 44.2 Å². The van der Waals surface area contributed by atoms with E-state index >= 15 is 0 Å². The quantitative estimate of drug-likeness (QED) is 0.407. The van der Waals surface area contributed by atoms with Crippen LogP contribution in [0.15, 0.2) is 27.4 Å². The second kappa shape index (κ2) is 9.24. The second-order valence-electron chi connectivity index (χ2n) is 8.54. The maximum absolute atomic E-state index is 12.5. The summed E-state index contributed by atoms with van der Waals surface area (Å²) in [5.74, 6) is 0.173. The average Bonchev–Trinajstić information content (AvgIpc) is 2.78. The first kappa shape index (κ1) is 22.8. The molecule has 5 atom stereocenters. The van der Waals surface area contributed by atoms with Crippen LogP contribution in [0.1, 0.15) is 32.6 Å². The Balaban J connectivity index is 1.55. The number of hydrogen-bond acceptors (Lipinski definition) is 10. The number of hydrogen-bond donors (Lipinski definition) is 5. The molecule has 1 saturated carbocycles. The number of aliphatic hydroxyl groups is 4. The first-order valence-corrected chi connectivity index (χ1v) is 10.7. The number of benzene rings is 1. The van der Waals surface area contributed by atoms with Crippen LogP contribution >= 0.6 is 0 Å². The molecule has 10 nitrogen and oxygen atoms in total. The van der Waals surface area contributed by atoms with Gasteiger partial charge in [0, 0.05) is 6.07 Å². The van der Waals surface area contributed by atoms with E-state index in [1.54, 1.807) is 0 Å². The molecule has 4 rings (SSSR count). The van der Waals surface area contributed by atoms with Gasteiger partial charge in [-0.05, 0) is 43.7 Å². The zero-order chi connectivity index (χ0) is 23.0. The Morgan fingerprint density at radius 1 is 1.03 bits per heavy atom. The van der Waals surface area contributed by atoms with Crippen LogP contribution in [-0.2, 0) is 4.74 Å². The molecule has 32 heavy (non-hydrogen) atoms. The van der Waals surface area contributed by atoms with Crippen LogP contribution in [0, 0.1) is 5.92 Å². The van der Waals surface area contributed by atoms with Crippen LogP contribution in [0.4, 0.5) is 0 Å². The monoisotopic (exact) mass is 452 g/mol. The van der Waals surface area contributed by atoms with Gasteiger partial charge in [0.2, 0.25) is 12.0 Å². The van der Waals surface area contributed by atoms with Gasteiger partial charge in [0.25, 0.3) is 0 Å². The zero-order valence-electron chi connectivity index (χ0n) is 17.6. The average molecular weight is 452 g/mol. The van der Waals surface area contributed by atoms with Gasteiger partial charge in [-0.25, -0.2) is 4.79 Å². The van der Waals surface area contributed by atoms with Crippen molar-refractivity contribution in [3.63, 3.8) is 0 Å². The third-order valence-corrected chi connectivity index (χ3v) is 6.16. The van der Waals surface area contributed by atoms with Crippen molar-refractivity contribution < 1.29 is 44.2 Å². The van der Waals surface area contributed by atoms with Gasteiger partial charge in [-0.2, -0.15) is 0 Å². The minimum absolute atomic E-state index is 0.0270. The summed E-state index contributed by atoms with van der Waals surface area (Å²) in [6, 6.07) is 4.24. The van der Waals surface area contributed by atoms with Crippen LogP contribution in [-0.4, -0.2) is 68.9 Å². The summed E-state index contributed by atoms with van der Waals surface area (Å²) in [5, 5.41) is 50.0. The highest BCUT2D eigenvalue weighted by molar-refractivity contribution is 5.86. The molecule has 2 aromatic rings. The van der Waals surface area contributed by atoms with Crippen LogP contribution in [0.5, 0.6) is 17.2 Å². The Morgan fingerprint density at radius 2 is 1.75 bits per heavy atom. The maximum Gasteiger partial charge on any atom is 0.383 e. The standard InChI is InChI=1S/C22H28O10/c1-10-2-4-11(5-3-10)29-20-16(24)13-7-6-12(8-14(13)31-21(20)28)30-22-19(27)18(26)17(25)15(9-23)32-22/h6-8,10-11,15,17-19,22-27H,2-5,9H2,1H3/t10-,11+,15-,17+,18+,19-,22-/m1/s1. The van der Waals surface area contributed by atoms with E-state index in [9.17, 15) is 30.3 Å². The predicted molar refractivity (Wildman–Crippen MR) is 111 cm³/mol. The molecular formula is C22H28O10. The minimum Gasteiger partial charge on any atom is -0.504 e. The highest BCUT2D eigenvalue weighted by Gasteiger charge is 2.44. The molecule has 1 aromatic heterocycles. The van der Waals surface area contributed by atoms with E-state index in [0.717, 1.165) is 25.7 Å². The van der Waals surface area contributed by atoms with Crippen molar-refractivity contribution in [1.29, 1.82) is 0 Å². The number of aliphatic hydroxyl groups excluding tert-OH is 4. The predicted octanol–water partition coefficient (Wildman–Crippen LogP) is 0.635. The normalized spacial score (nSPS) is 33.2. The smallest absolute Gasteiger partial charge is 0.383 e. The molecule has 2 fully saturated rings. The van der Waals surface area contributed by atoms with E-state index in [4.69, 9.17) is 18.6 Å². The van der Waals surface area contributed by atoms with Gasteiger partial charge in [0.05, 0.1) is 18.1 Å². The summed E-state index contributed by atoms with van der Waals surface area (Å²) >= 11 is 0. The molecule has 2 heterocycles. The van der Waals surface area contributed by atoms with Crippen molar-refractivity contribution in [2.45, 2.75) is 69.4 Å². The fourth-order valence-corrected chi connectivity index (χ4v) is 4.14. The number of fused-ring (bicyclic) bond motifs is 1. The molecule has 0 unspecified atom stereocenters. The molecule has 1 aliphatic carbocycles. The summed E-state index contributed by atoms with van der Waals surface area (Å²) in [5.41, 5.74) is -0.794. The van der Waals surface area contributed by atoms with Crippen molar-refractivity contribution in [2.75, 3.05) is 6.61 Å². The summed E-state index contributed by atoms with van der Waals surface area (Å²) in [4.78, 5) is 12.5. The van der Waals surface area contributed by atoms with Gasteiger partial charge >= 0.3 is 5.63 Å². The van der Waals surface area contributed by atoms with Crippen LogP contribution in [0.3, 0.4) is 0 Å². The molecule has 5 N–H and O–H groups in total. The van der Waals surface area contributed by atoms with E-state index in [-0.39, 0.29) is 34.3 Å². The molecule has 1 aliphatic heterocycles. The molecule has 0 bridgehead atoms. The summed E-state index contributed by atoms with van der Waals surface area (Å²) in [7, 11) is 0. The molecule has 10 heteroatoms. The molecule has 1 saturated heterocycles. The minimum atomic E-state index is -1.59. The van der Waals surface area contributed by atoms with E-state index in [0.29, 0.717) is 5.92 Å². The molecule has 2 aliphatic rings. The number of aromatic hydroxyl groups is 1. The van der Waals surface area contributed by atoms with Crippen molar-refractivity contribution in [2.24, 2.45) is 5.92 Å². The largest absolute Gasteiger partial charge is 0.504 e. The summed E-state index contributed by atoms with van der Waals surface area (Å²) < 4.78 is 21.9. The van der Waals surface area contributed by atoms with Gasteiger partial charge in [-0.15, -0.1) is 0 Å². The summed E-state index contributed by atoms with van der Waals surface area (Å²) in [6.45, 7) is 1.58. The Kier molecular flexibility index (Phi) is 6.59. The molecule has 0 spiro atoms. The SMILES string of the molecule is C[C@H]1CC[C@@H](Oc2c(O)c3ccc(O[C@@H]4O[C@H](CO)[C@H](O)[C@H](O)[C@H]4O)cc3oc2=O)CC1. The van der Waals surface area contributed by atoms with E-state index < -0.39 is 42.9 Å². The van der Waals surface area contributed by atoms with Crippen molar-refractivity contribution >= 4 is 11.0 Å². The van der Waals surface area contributed by atoms with Gasteiger partial charge in [0.1, 0.15) is 35.7 Å². The van der Waals surface area contributed by atoms with Crippen LogP contribution in [0.25, 0.3) is 11.0 Å². The van der Waals surface area contributed by atoms with Crippen LogP contribution in [0.2, 0.25) is 0 Å². The molecule has 176 valence electrons. The fourth-order valence-electron chi connectivity index (χ4n) is 4.14. The molecule has 1 aromatic carbocycles. The molecule has 0 radical (unpaired) electrons. The molecule has 0 amide bonds. The third-order valence-electron chi connectivity index (χ3n) is 6.16. The lowest BCUT2D eigenvalue weighted by Crippen LogP contribution is -2.60. The number of ether oxygens (including phenoxy) is 3. The second-order valence-corrected chi connectivity index (χ2v) is 8.54. The first-order valence-electron chi connectivity index (χ1n) is 10.7. The van der Waals surface area contributed by atoms with E-state index in [1.165, 1.54) is 18.2 Å². The van der Waals surface area contributed by atoms with Gasteiger partial charge in [-0.1, -0.05) is 6.92 Å². The number of rotatable bonds is 5. The fraction of sp³-hybridized carbons (Fsp3) is 0.591. The lowest BCUT2D eigenvalue weighted by Gasteiger charge is -2.39. The third kappa shape index (κ3) is 4.41. The Hall–Kier alpha value is -2.37. The lowest BCUT2D eigenvalue weighted by molar-refractivity contribution is -0.277. The lowest BCUT2D eigenvalue weighted by atomic mass is 9.89. The molecular weight excluding hydrogens is 424 g/mol. The topological polar surface area (TPSA) is 159 Å². The zero-order valence-corrected chi connectivity index (χ0v) is 17.6. The van der Waals surface area contributed by atoms with Crippen molar-refractivity contribution in [3.05, 3.63) is 28.6 Å². The van der Waals surface area contributed by atoms with Crippen molar-refractivity contribution in [3.8, 4) is 17.2 Å². The highest BCUT2D eigenvalue weighted by Crippen LogP contribution is 2.36. The Morgan fingerprint density at radius 3 is 2.44 bits per heavy atom. The first-order chi connectivity index (χ1) is 15.3. The highest BCUT2D eigenvalue weighted by atomic mass is 16.7. The van der Waals surface area contributed by atoms with Crippen LogP contribution < -0.4 is 15.1 Å². The van der Waals surface area contributed by atoms with Gasteiger partial charge in [-0.3, -0.25) is 0 Å².